The number of aliphatic hydroxyl groups excluding tert-OH is 3. The standard InChI is InChI=1S/C8H16O5/c1-3-13-8(6(11)4-9)7(12)5(2)10/h5,7-10,12H,3-4H2,1-2H3/t5-,7-,8-/m1/s1. The maximum atomic E-state index is 11.0. The third kappa shape index (κ3) is 3.82. The molecule has 0 bridgehead atoms. The quantitative estimate of drug-likeness (QED) is 0.486. The van der Waals surface area contributed by atoms with Crippen molar-refractivity contribution >= 4 is 5.78 Å². The number of hydrogen-bond donors (Lipinski definition) is 3. The number of carbonyl (C=O) groups excluding carboxylic acids is 1. The van der Waals surface area contributed by atoms with Gasteiger partial charge in [0.05, 0.1) is 6.10 Å². The molecule has 0 aliphatic heterocycles. The van der Waals surface area contributed by atoms with Gasteiger partial charge in [-0.3, -0.25) is 4.79 Å². The Kier molecular flexibility index (Phi) is 5.81. The van der Waals surface area contributed by atoms with Gasteiger partial charge in [0.15, 0.2) is 5.78 Å². The van der Waals surface area contributed by atoms with Crippen molar-refractivity contribution in [1.29, 1.82) is 0 Å². The fourth-order valence-electron chi connectivity index (χ4n) is 0.904. The Hall–Kier alpha value is -0.490. The third-order valence-electron chi connectivity index (χ3n) is 1.62. The van der Waals surface area contributed by atoms with Gasteiger partial charge in [-0.15, -0.1) is 0 Å². The minimum absolute atomic E-state index is 0.236. The van der Waals surface area contributed by atoms with E-state index in [9.17, 15) is 9.90 Å². The molecule has 0 spiro atoms. The molecule has 0 rings (SSSR count). The van der Waals surface area contributed by atoms with Crippen LogP contribution in [0.15, 0.2) is 0 Å². The van der Waals surface area contributed by atoms with E-state index >= 15 is 0 Å². The van der Waals surface area contributed by atoms with E-state index in [1.54, 1.807) is 6.92 Å². The third-order valence-corrected chi connectivity index (χ3v) is 1.62. The van der Waals surface area contributed by atoms with Crippen LogP contribution < -0.4 is 0 Å². The van der Waals surface area contributed by atoms with Gasteiger partial charge >= 0.3 is 0 Å². The average Bonchev–Trinajstić information content (AvgIpc) is 2.11. The normalized spacial score (nSPS) is 17.9. The molecule has 0 radical (unpaired) electrons. The number of carbonyl (C=O) groups is 1. The zero-order chi connectivity index (χ0) is 10.4. The van der Waals surface area contributed by atoms with Crippen molar-refractivity contribution in [3.8, 4) is 0 Å². The largest absolute Gasteiger partial charge is 0.391 e. The molecule has 0 aromatic heterocycles. The first kappa shape index (κ1) is 12.5. The lowest BCUT2D eigenvalue weighted by atomic mass is 10.1. The van der Waals surface area contributed by atoms with Crippen molar-refractivity contribution in [2.24, 2.45) is 0 Å². The van der Waals surface area contributed by atoms with Gasteiger partial charge in [-0.05, 0) is 13.8 Å². The molecule has 78 valence electrons. The number of rotatable bonds is 6. The Bertz CT molecular complexity index is 157. The van der Waals surface area contributed by atoms with Crippen molar-refractivity contribution in [3.05, 3.63) is 0 Å². The van der Waals surface area contributed by atoms with E-state index in [1.807, 2.05) is 0 Å². The van der Waals surface area contributed by atoms with E-state index in [4.69, 9.17) is 14.9 Å². The van der Waals surface area contributed by atoms with E-state index < -0.39 is 30.7 Å². The molecule has 0 heterocycles. The number of hydrogen-bond acceptors (Lipinski definition) is 5. The molecular formula is C8H16O5. The van der Waals surface area contributed by atoms with E-state index in [1.165, 1.54) is 6.92 Å². The van der Waals surface area contributed by atoms with Crippen molar-refractivity contribution < 1.29 is 24.9 Å². The minimum atomic E-state index is -1.29. The molecular weight excluding hydrogens is 176 g/mol. The van der Waals surface area contributed by atoms with Gasteiger partial charge < -0.3 is 20.1 Å². The molecule has 0 fully saturated rings. The molecule has 0 aliphatic carbocycles. The van der Waals surface area contributed by atoms with Crippen LogP contribution >= 0.6 is 0 Å². The van der Waals surface area contributed by atoms with E-state index in [-0.39, 0.29) is 6.61 Å². The van der Waals surface area contributed by atoms with Gasteiger partial charge in [0.2, 0.25) is 0 Å². The first-order valence-electron chi connectivity index (χ1n) is 4.15. The molecule has 0 aromatic rings. The summed E-state index contributed by atoms with van der Waals surface area (Å²) < 4.78 is 4.90. The SMILES string of the molecule is CCO[C@H](C(=O)CO)[C@H](O)[C@@H](C)O. The second-order valence-corrected chi connectivity index (χ2v) is 2.73. The van der Waals surface area contributed by atoms with Crippen molar-refractivity contribution in [2.45, 2.75) is 32.2 Å². The summed E-state index contributed by atoms with van der Waals surface area (Å²) in [4.78, 5) is 11.0. The maximum Gasteiger partial charge on any atom is 0.189 e. The molecule has 5 nitrogen and oxygen atoms in total. The summed E-state index contributed by atoms with van der Waals surface area (Å²) in [5, 5.41) is 26.9. The summed E-state index contributed by atoms with van der Waals surface area (Å²) in [6.07, 6.45) is -3.50. The zero-order valence-corrected chi connectivity index (χ0v) is 7.80. The second-order valence-electron chi connectivity index (χ2n) is 2.73. The van der Waals surface area contributed by atoms with Gasteiger partial charge in [-0.25, -0.2) is 0 Å². The molecule has 0 unspecified atom stereocenters. The fourth-order valence-corrected chi connectivity index (χ4v) is 0.904. The van der Waals surface area contributed by atoms with Crippen LogP contribution in [0.3, 0.4) is 0 Å². The van der Waals surface area contributed by atoms with Crippen LogP contribution in [0, 0.1) is 0 Å². The Morgan fingerprint density at radius 3 is 2.31 bits per heavy atom. The van der Waals surface area contributed by atoms with Gasteiger partial charge in [-0.2, -0.15) is 0 Å². The van der Waals surface area contributed by atoms with Crippen LogP contribution in [0.2, 0.25) is 0 Å². The molecule has 3 atom stereocenters. The van der Waals surface area contributed by atoms with Crippen LogP contribution in [0.4, 0.5) is 0 Å². The van der Waals surface area contributed by atoms with Crippen LogP contribution in [0.1, 0.15) is 13.8 Å². The van der Waals surface area contributed by atoms with E-state index in [0.717, 1.165) is 0 Å². The molecule has 5 heteroatoms. The molecule has 3 N–H and O–H groups in total. The molecule has 0 saturated heterocycles. The average molecular weight is 192 g/mol. The Morgan fingerprint density at radius 2 is 2.00 bits per heavy atom. The highest BCUT2D eigenvalue weighted by molar-refractivity contribution is 5.84. The lowest BCUT2D eigenvalue weighted by molar-refractivity contribution is -0.147. The predicted molar refractivity (Wildman–Crippen MR) is 45.2 cm³/mol. The molecule has 0 aromatic carbocycles. The van der Waals surface area contributed by atoms with Gasteiger partial charge in [0.1, 0.15) is 18.8 Å². The maximum absolute atomic E-state index is 11.0. The first-order chi connectivity index (χ1) is 6.04. The summed E-state index contributed by atoms with van der Waals surface area (Å²) in [6, 6.07) is 0. The Labute approximate surface area is 77.0 Å². The summed E-state index contributed by atoms with van der Waals surface area (Å²) in [6.45, 7) is 2.54. The summed E-state index contributed by atoms with van der Waals surface area (Å²) in [5.74, 6) is -0.629. The monoisotopic (exact) mass is 192 g/mol. The highest BCUT2D eigenvalue weighted by Gasteiger charge is 2.29. The topological polar surface area (TPSA) is 87.0 Å². The number of aliphatic hydroxyl groups is 3. The highest BCUT2D eigenvalue weighted by atomic mass is 16.5. The lowest BCUT2D eigenvalue weighted by Crippen LogP contribution is -2.44. The first-order valence-corrected chi connectivity index (χ1v) is 4.15. The van der Waals surface area contributed by atoms with Crippen molar-refractivity contribution in [2.75, 3.05) is 13.2 Å². The molecule has 0 aliphatic rings. The van der Waals surface area contributed by atoms with Crippen LogP contribution in [-0.2, 0) is 9.53 Å². The second kappa shape index (κ2) is 6.04. The molecule has 13 heavy (non-hydrogen) atoms. The van der Waals surface area contributed by atoms with E-state index in [2.05, 4.69) is 0 Å². The number of ketones is 1. The number of ether oxygens (including phenoxy) is 1. The van der Waals surface area contributed by atoms with Gasteiger partial charge in [-0.1, -0.05) is 0 Å². The molecule has 0 amide bonds. The van der Waals surface area contributed by atoms with Crippen molar-refractivity contribution in [3.63, 3.8) is 0 Å². The van der Waals surface area contributed by atoms with Gasteiger partial charge in [0.25, 0.3) is 0 Å². The van der Waals surface area contributed by atoms with Crippen molar-refractivity contribution in [1.82, 2.24) is 0 Å². The summed E-state index contributed by atoms with van der Waals surface area (Å²) in [5.41, 5.74) is 0. The van der Waals surface area contributed by atoms with Crippen LogP contribution in [0.5, 0.6) is 0 Å². The summed E-state index contributed by atoms with van der Waals surface area (Å²) >= 11 is 0. The van der Waals surface area contributed by atoms with Gasteiger partial charge in [0, 0.05) is 6.61 Å². The highest BCUT2D eigenvalue weighted by Crippen LogP contribution is 2.05. The zero-order valence-electron chi connectivity index (χ0n) is 7.80. The lowest BCUT2D eigenvalue weighted by Gasteiger charge is -2.22. The fraction of sp³-hybridized carbons (Fsp3) is 0.875. The Balaban J connectivity index is 4.31. The number of Topliss-reactive ketones (excluding diaryl/α,β-unsaturated/α-hetero) is 1. The minimum Gasteiger partial charge on any atom is -0.391 e. The van der Waals surface area contributed by atoms with E-state index in [0.29, 0.717) is 0 Å². The Morgan fingerprint density at radius 1 is 1.46 bits per heavy atom. The predicted octanol–water partition coefficient (Wildman–Crippen LogP) is -1.31. The molecule has 0 saturated carbocycles. The smallest absolute Gasteiger partial charge is 0.189 e. The van der Waals surface area contributed by atoms with Crippen LogP contribution in [0.25, 0.3) is 0 Å². The summed E-state index contributed by atoms with van der Waals surface area (Å²) in [7, 11) is 0. The van der Waals surface area contributed by atoms with Crippen LogP contribution in [-0.4, -0.2) is 52.6 Å².